The number of carbonyl (C=O) groups excluding carboxylic acids is 2. The van der Waals surface area contributed by atoms with Gasteiger partial charge in [-0.25, -0.2) is 0 Å². The third-order valence-corrected chi connectivity index (χ3v) is 5.09. The highest BCUT2D eigenvalue weighted by atomic mass is 35.5. The Balaban J connectivity index is 2.07. The minimum atomic E-state index is -0.203. The number of likely N-dealkylation sites (tertiary alicyclic amines) is 1. The van der Waals surface area contributed by atoms with Crippen LogP contribution in [-0.2, 0) is 9.59 Å². The molecule has 0 unspecified atom stereocenters. The van der Waals surface area contributed by atoms with Crippen LogP contribution in [0.1, 0.15) is 39.2 Å². The van der Waals surface area contributed by atoms with E-state index in [9.17, 15) is 9.59 Å². The Morgan fingerprint density at radius 2 is 1.62 bits per heavy atom. The summed E-state index contributed by atoms with van der Waals surface area (Å²) in [5.74, 6) is 0.287. The smallest absolute Gasteiger partial charge is 0.278 e. The molecule has 0 saturated carbocycles. The Labute approximate surface area is 148 Å². The van der Waals surface area contributed by atoms with E-state index >= 15 is 0 Å². The number of rotatable bonds is 3. The number of amides is 2. The molecule has 2 amide bonds. The van der Waals surface area contributed by atoms with E-state index in [2.05, 4.69) is 11.8 Å². The zero-order valence-electron chi connectivity index (χ0n) is 14.4. The zero-order chi connectivity index (χ0) is 17.4. The average molecular weight is 347 g/mol. The molecular formula is C19H23ClN2O2. The Morgan fingerprint density at radius 1 is 1.04 bits per heavy atom. The summed E-state index contributed by atoms with van der Waals surface area (Å²) in [6, 6.07) is 7.00. The van der Waals surface area contributed by atoms with Crippen molar-refractivity contribution in [3.8, 4) is 0 Å². The Morgan fingerprint density at radius 3 is 2.17 bits per heavy atom. The molecule has 2 aliphatic rings. The fourth-order valence-electron chi connectivity index (χ4n) is 3.41. The maximum absolute atomic E-state index is 13.0. The predicted octanol–water partition coefficient (Wildman–Crippen LogP) is 3.56. The maximum Gasteiger partial charge on any atom is 0.278 e. The number of imide groups is 1. The highest BCUT2D eigenvalue weighted by Gasteiger charge is 2.43. The van der Waals surface area contributed by atoms with E-state index in [0.717, 1.165) is 31.5 Å². The summed E-state index contributed by atoms with van der Waals surface area (Å²) in [4.78, 5) is 29.4. The zero-order valence-corrected chi connectivity index (χ0v) is 15.1. The molecule has 24 heavy (non-hydrogen) atoms. The van der Waals surface area contributed by atoms with Gasteiger partial charge >= 0.3 is 0 Å². The van der Waals surface area contributed by atoms with E-state index in [1.54, 1.807) is 12.1 Å². The summed E-state index contributed by atoms with van der Waals surface area (Å²) in [6.07, 6.45) is 2.08. The third-order valence-electron chi connectivity index (χ3n) is 4.84. The van der Waals surface area contributed by atoms with Gasteiger partial charge in [-0.05, 0) is 50.3 Å². The third kappa shape index (κ3) is 2.95. The summed E-state index contributed by atoms with van der Waals surface area (Å²) in [5.41, 5.74) is 1.83. The molecule has 0 radical (unpaired) electrons. The van der Waals surface area contributed by atoms with Crippen LogP contribution >= 0.6 is 11.6 Å². The van der Waals surface area contributed by atoms with Crippen molar-refractivity contribution in [3.05, 3.63) is 40.5 Å². The van der Waals surface area contributed by atoms with Crippen molar-refractivity contribution in [3.63, 3.8) is 0 Å². The van der Waals surface area contributed by atoms with Gasteiger partial charge in [-0.3, -0.25) is 14.5 Å². The Kier molecular flexibility index (Phi) is 4.68. The first-order valence-electron chi connectivity index (χ1n) is 8.53. The van der Waals surface area contributed by atoms with Crippen molar-refractivity contribution in [2.24, 2.45) is 5.92 Å². The average Bonchev–Trinajstić information content (AvgIpc) is 2.80. The molecule has 0 N–H and O–H groups in total. The van der Waals surface area contributed by atoms with Gasteiger partial charge in [0.1, 0.15) is 5.70 Å². The number of hydrogen-bond acceptors (Lipinski definition) is 3. The number of carbonyl (C=O) groups is 2. The number of piperidine rings is 1. The quantitative estimate of drug-likeness (QED) is 0.786. The van der Waals surface area contributed by atoms with E-state index in [1.165, 1.54) is 4.90 Å². The minimum Gasteiger partial charge on any atom is -0.366 e. The summed E-state index contributed by atoms with van der Waals surface area (Å²) >= 11 is 5.97. The molecule has 2 heterocycles. The van der Waals surface area contributed by atoms with Gasteiger partial charge in [-0.1, -0.05) is 30.7 Å². The topological polar surface area (TPSA) is 40.6 Å². The molecule has 5 heteroatoms. The summed E-state index contributed by atoms with van der Waals surface area (Å²) in [7, 11) is 0. The van der Waals surface area contributed by atoms with Crippen LogP contribution in [0.4, 0.5) is 0 Å². The van der Waals surface area contributed by atoms with Crippen molar-refractivity contribution in [2.45, 2.75) is 39.7 Å². The number of benzene rings is 1. The van der Waals surface area contributed by atoms with Crippen molar-refractivity contribution < 1.29 is 9.59 Å². The number of hydrogen-bond donors (Lipinski definition) is 0. The minimum absolute atomic E-state index is 0.159. The molecule has 4 nitrogen and oxygen atoms in total. The van der Waals surface area contributed by atoms with Crippen LogP contribution < -0.4 is 0 Å². The van der Waals surface area contributed by atoms with Crippen molar-refractivity contribution >= 4 is 29.0 Å². The molecule has 0 aliphatic carbocycles. The first-order chi connectivity index (χ1) is 11.4. The lowest BCUT2D eigenvalue weighted by molar-refractivity contribution is -0.139. The largest absolute Gasteiger partial charge is 0.366 e. The van der Waals surface area contributed by atoms with Gasteiger partial charge in [0.15, 0.2) is 0 Å². The van der Waals surface area contributed by atoms with Crippen molar-refractivity contribution in [1.29, 1.82) is 0 Å². The fourth-order valence-corrected chi connectivity index (χ4v) is 3.53. The monoisotopic (exact) mass is 346 g/mol. The lowest BCUT2D eigenvalue weighted by Crippen LogP contribution is -2.41. The van der Waals surface area contributed by atoms with Gasteiger partial charge in [0.05, 0.1) is 5.57 Å². The molecule has 0 bridgehead atoms. The van der Waals surface area contributed by atoms with E-state index in [-0.39, 0.29) is 17.9 Å². The lowest BCUT2D eigenvalue weighted by atomic mass is 9.97. The Hall–Kier alpha value is -1.81. The van der Waals surface area contributed by atoms with Gasteiger partial charge in [-0.15, -0.1) is 0 Å². The van der Waals surface area contributed by atoms with Crippen LogP contribution in [0.3, 0.4) is 0 Å². The van der Waals surface area contributed by atoms with E-state index in [0.29, 0.717) is 22.2 Å². The van der Waals surface area contributed by atoms with Gasteiger partial charge in [0.2, 0.25) is 0 Å². The van der Waals surface area contributed by atoms with E-state index in [1.807, 2.05) is 26.0 Å². The van der Waals surface area contributed by atoms with Crippen LogP contribution in [0.15, 0.2) is 30.0 Å². The normalized spacial score (nSPS) is 19.9. The highest BCUT2D eigenvalue weighted by molar-refractivity contribution is 6.36. The second-order valence-electron chi connectivity index (χ2n) is 6.97. The predicted molar refractivity (Wildman–Crippen MR) is 95.3 cm³/mol. The van der Waals surface area contributed by atoms with Crippen LogP contribution in [0, 0.1) is 5.92 Å². The highest BCUT2D eigenvalue weighted by Crippen LogP contribution is 2.35. The second kappa shape index (κ2) is 6.60. The van der Waals surface area contributed by atoms with Crippen LogP contribution in [0.5, 0.6) is 0 Å². The SMILES string of the molecule is CC1CCN(C2=C(c3ccc(Cl)cc3)C(=O)N(C(C)C)C2=O)CC1. The molecule has 1 aromatic rings. The summed E-state index contributed by atoms with van der Waals surface area (Å²) in [5, 5.41) is 0.616. The van der Waals surface area contributed by atoms with Gasteiger partial charge < -0.3 is 4.90 Å². The molecular weight excluding hydrogens is 324 g/mol. The van der Waals surface area contributed by atoms with Crippen molar-refractivity contribution in [1.82, 2.24) is 9.80 Å². The first kappa shape index (κ1) is 17.0. The fraction of sp³-hybridized carbons (Fsp3) is 0.474. The molecule has 128 valence electrons. The molecule has 3 rings (SSSR count). The van der Waals surface area contributed by atoms with Crippen LogP contribution in [0.2, 0.25) is 5.02 Å². The molecule has 2 aliphatic heterocycles. The van der Waals surface area contributed by atoms with Gasteiger partial charge in [0, 0.05) is 24.2 Å². The second-order valence-corrected chi connectivity index (χ2v) is 7.41. The number of nitrogens with zero attached hydrogens (tertiary/aromatic N) is 2. The summed E-state index contributed by atoms with van der Waals surface area (Å²) < 4.78 is 0. The molecule has 1 fully saturated rings. The molecule has 1 saturated heterocycles. The first-order valence-corrected chi connectivity index (χ1v) is 8.91. The van der Waals surface area contributed by atoms with E-state index in [4.69, 9.17) is 11.6 Å². The molecule has 0 aromatic heterocycles. The summed E-state index contributed by atoms with van der Waals surface area (Å²) in [6.45, 7) is 7.61. The molecule has 0 spiro atoms. The Bertz CT molecular complexity index is 686. The standard InChI is InChI=1S/C19H23ClN2O2/c1-12(2)22-18(23)16(14-4-6-15(20)7-5-14)17(19(22)24)21-10-8-13(3)9-11-21/h4-7,12-13H,8-11H2,1-3H3. The molecule has 0 atom stereocenters. The van der Waals surface area contributed by atoms with Gasteiger partial charge in [-0.2, -0.15) is 0 Å². The number of halogens is 1. The van der Waals surface area contributed by atoms with Crippen LogP contribution in [-0.4, -0.2) is 40.7 Å². The van der Waals surface area contributed by atoms with Crippen molar-refractivity contribution in [2.75, 3.05) is 13.1 Å². The lowest BCUT2D eigenvalue weighted by Gasteiger charge is -2.33. The molecule has 1 aromatic carbocycles. The maximum atomic E-state index is 13.0. The van der Waals surface area contributed by atoms with E-state index < -0.39 is 0 Å². The van der Waals surface area contributed by atoms with Crippen LogP contribution in [0.25, 0.3) is 5.57 Å². The van der Waals surface area contributed by atoms with Gasteiger partial charge in [0.25, 0.3) is 11.8 Å².